The van der Waals surface area contributed by atoms with Crippen LogP contribution >= 0.6 is 11.6 Å². The quantitative estimate of drug-likeness (QED) is 0.811. The number of hydrogen-bond acceptors (Lipinski definition) is 3. The van der Waals surface area contributed by atoms with E-state index in [1.54, 1.807) is 24.3 Å². The van der Waals surface area contributed by atoms with E-state index in [2.05, 4.69) is 0 Å². The molecule has 0 saturated heterocycles. The van der Waals surface area contributed by atoms with Crippen molar-refractivity contribution in [2.75, 3.05) is 20.2 Å². The Kier molecular flexibility index (Phi) is 5.63. The highest BCUT2D eigenvalue weighted by Gasteiger charge is 2.23. The number of likely N-dealkylation sites (N-methyl/N-ethyl adjacent to an activating group) is 1. The van der Waals surface area contributed by atoms with Crippen molar-refractivity contribution in [2.24, 2.45) is 5.92 Å². The molecular formula is C13H16ClNO4. The lowest BCUT2D eigenvalue weighted by Gasteiger charge is -2.19. The molecule has 6 heteroatoms. The molecule has 104 valence electrons. The zero-order valence-corrected chi connectivity index (χ0v) is 11.6. The molecule has 1 atom stereocenters. The van der Waals surface area contributed by atoms with E-state index < -0.39 is 17.8 Å². The Morgan fingerprint density at radius 3 is 2.63 bits per heavy atom. The highest BCUT2D eigenvalue weighted by Crippen LogP contribution is 2.22. The summed E-state index contributed by atoms with van der Waals surface area (Å²) in [4.78, 5) is 23.7. The normalized spacial score (nSPS) is 11.7. The van der Waals surface area contributed by atoms with Gasteiger partial charge in [-0.2, -0.15) is 0 Å². The summed E-state index contributed by atoms with van der Waals surface area (Å²) in [6.45, 7) is 1.90. The lowest BCUT2D eigenvalue weighted by atomic mass is 10.1. The number of halogens is 1. The molecule has 1 N–H and O–H groups in total. The molecule has 5 nitrogen and oxygen atoms in total. The highest BCUT2D eigenvalue weighted by molar-refractivity contribution is 6.32. The van der Waals surface area contributed by atoms with Crippen molar-refractivity contribution in [3.63, 3.8) is 0 Å². The minimum atomic E-state index is -1.14. The van der Waals surface area contributed by atoms with E-state index in [0.29, 0.717) is 17.3 Å². The van der Waals surface area contributed by atoms with Gasteiger partial charge in [0.25, 0.3) is 0 Å². The first-order chi connectivity index (χ1) is 8.93. The third kappa shape index (κ3) is 4.44. The predicted octanol–water partition coefficient (Wildman–Crippen LogP) is 1.90. The van der Waals surface area contributed by atoms with E-state index in [1.807, 2.05) is 0 Å². The molecule has 0 aromatic heterocycles. The van der Waals surface area contributed by atoms with Crippen molar-refractivity contribution in [3.8, 4) is 5.75 Å². The first kappa shape index (κ1) is 15.3. The minimum Gasteiger partial charge on any atom is -0.490 e. The average Bonchev–Trinajstić information content (AvgIpc) is 2.38. The lowest BCUT2D eigenvalue weighted by Crippen LogP contribution is -2.37. The molecule has 0 radical (unpaired) electrons. The number of amides is 1. The number of nitrogens with zero attached hydrogens (tertiary/aromatic N) is 1. The summed E-state index contributed by atoms with van der Waals surface area (Å²) in [6, 6.07) is 7.02. The van der Waals surface area contributed by atoms with Gasteiger partial charge in [0.05, 0.1) is 11.6 Å². The summed E-state index contributed by atoms with van der Waals surface area (Å²) in [7, 11) is 1.54. The largest absolute Gasteiger partial charge is 0.490 e. The van der Waals surface area contributed by atoms with Crippen LogP contribution in [0.5, 0.6) is 5.75 Å². The summed E-state index contributed by atoms with van der Waals surface area (Å²) in [5, 5.41) is 9.24. The molecular weight excluding hydrogens is 270 g/mol. The Balaban J connectivity index is 2.43. The van der Waals surface area contributed by atoms with Gasteiger partial charge in [0.2, 0.25) is 5.91 Å². The Labute approximate surface area is 116 Å². The van der Waals surface area contributed by atoms with Crippen LogP contribution in [0.1, 0.15) is 6.92 Å². The van der Waals surface area contributed by atoms with E-state index in [9.17, 15) is 9.59 Å². The van der Waals surface area contributed by atoms with Gasteiger partial charge in [0, 0.05) is 7.05 Å². The summed E-state index contributed by atoms with van der Waals surface area (Å²) in [5.74, 6) is -2.10. The van der Waals surface area contributed by atoms with Gasteiger partial charge >= 0.3 is 5.97 Å². The number of carbonyl (C=O) groups is 2. The van der Waals surface area contributed by atoms with Crippen LogP contribution in [0.4, 0.5) is 0 Å². The monoisotopic (exact) mass is 285 g/mol. The molecule has 0 saturated carbocycles. The van der Waals surface area contributed by atoms with E-state index in [1.165, 1.54) is 18.9 Å². The second-order valence-corrected chi connectivity index (χ2v) is 4.51. The van der Waals surface area contributed by atoms with Crippen molar-refractivity contribution >= 4 is 23.5 Å². The molecule has 0 fully saturated rings. The van der Waals surface area contributed by atoms with Gasteiger partial charge in [-0.15, -0.1) is 0 Å². The summed E-state index contributed by atoms with van der Waals surface area (Å²) in [6.07, 6.45) is 0. The van der Waals surface area contributed by atoms with Crippen LogP contribution in [0.15, 0.2) is 24.3 Å². The van der Waals surface area contributed by atoms with E-state index in [0.717, 1.165) is 0 Å². The maximum Gasteiger partial charge on any atom is 0.315 e. The number of ether oxygens (including phenoxy) is 1. The molecule has 1 aromatic rings. The SMILES string of the molecule is CC(C(=O)O)C(=O)N(C)CCOc1ccccc1Cl. The molecule has 1 unspecified atom stereocenters. The molecule has 0 aliphatic heterocycles. The molecule has 0 aliphatic carbocycles. The van der Waals surface area contributed by atoms with Gasteiger partial charge in [-0.25, -0.2) is 0 Å². The van der Waals surface area contributed by atoms with Crippen molar-refractivity contribution in [1.82, 2.24) is 4.90 Å². The van der Waals surface area contributed by atoms with Crippen molar-refractivity contribution in [3.05, 3.63) is 29.3 Å². The Hall–Kier alpha value is -1.75. The number of benzene rings is 1. The summed E-state index contributed by atoms with van der Waals surface area (Å²) < 4.78 is 5.42. The van der Waals surface area contributed by atoms with Crippen LogP contribution in [-0.2, 0) is 9.59 Å². The molecule has 0 spiro atoms. The topological polar surface area (TPSA) is 66.8 Å². The average molecular weight is 286 g/mol. The standard InChI is InChI=1S/C13H16ClNO4/c1-9(13(17)18)12(16)15(2)7-8-19-11-6-4-3-5-10(11)14/h3-6,9H,7-8H2,1-2H3,(H,17,18). The molecule has 1 amide bonds. The van der Waals surface area contributed by atoms with Crippen LogP contribution in [0.25, 0.3) is 0 Å². The van der Waals surface area contributed by atoms with E-state index >= 15 is 0 Å². The second kappa shape index (κ2) is 6.99. The van der Waals surface area contributed by atoms with Crippen molar-refractivity contribution in [1.29, 1.82) is 0 Å². The molecule has 1 rings (SSSR count). The van der Waals surface area contributed by atoms with Gasteiger partial charge < -0.3 is 14.7 Å². The zero-order valence-electron chi connectivity index (χ0n) is 10.8. The van der Waals surface area contributed by atoms with Crippen LogP contribution in [0.3, 0.4) is 0 Å². The fourth-order valence-corrected chi connectivity index (χ4v) is 1.59. The Morgan fingerprint density at radius 1 is 1.42 bits per heavy atom. The van der Waals surface area contributed by atoms with E-state index in [4.69, 9.17) is 21.4 Å². The van der Waals surface area contributed by atoms with Crippen molar-refractivity contribution < 1.29 is 19.4 Å². The third-order valence-corrected chi connectivity index (χ3v) is 2.95. The summed E-state index contributed by atoms with van der Waals surface area (Å²) >= 11 is 5.91. The molecule has 0 aliphatic rings. The number of carbonyl (C=O) groups excluding carboxylic acids is 1. The maximum atomic E-state index is 11.7. The lowest BCUT2D eigenvalue weighted by molar-refractivity contribution is -0.149. The smallest absolute Gasteiger partial charge is 0.315 e. The first-order valence-corrected chi connectivity index (χ1v) is 6.16. The van der Waals surface area contributed by atoms with Gasteiger partial charge in [-0.1, -0.05) is 23.7 Å². The van der Waals surface area contributed by atoms with Crippen LogP contribution in [0.2, 0.25) is 5.02 Å². The van der Waals surface area contributed by atoms with Crippen molar-refractivity contribution in [2.45, 2.75) is 6.92 Å². The molecule has 0 heterocycles. The van der Waals surface area contributed by atoms with Crippen LogP contribution in [-0.4, -0.2) is 42.1 Å². The molecule has 0 bridgehead atoms. The van der Waals surface area contributed by atoms with Gasteiger partial charge in [0.15, 0.2) is 0 Å². The van der Waals surface area contributed by atoms with Gasteiger partial charge in [0.1, 0.15) is 18.3 Å². The summed E-state index contributed by atoms with van der Waals surface area (Å²) in [5.41, 5.74) is 0. The van der Waals surface area contributed by atoms with Gasteiger partial charge in [-0.3, -0.25) is 9.59 Å². The minimum absolute atomic E-state index is 0.248. The number of carboxylic acid groups (broad SMARTS) is 1. The highest BCUT2D eigenvalue weighted by atomic mass is 35.5. The third-order valence-electron chi connectivity index (χ3n) is 2.64. The number of rotatable bonds is 6. The second-order valence-electron chi connectivity index (χ2n) is 4.10. The molecule has 19 heavy (non-hydrogen) atoms. The van der Waals surface area contributed by atoms with Crippen LogP contribution in [0, 0.1) is 5.92 Å². The maximum absolute atomic E-state index is 11.7. The van der Waals surface area contributed by atoms with E-state index in [-0.39, 0.29) is 6.61 Å². The van der Waals surface area contributed by atoms with Gasteiger partial charge in [-0.05, 0) is 19.1 Å². The number of para-hydroxylation sites is 1. The number of hydrogen-bond donors (Lipinski definition) is 1. The molecule has 1 aromatic carbocycles. The number of carboxylic acids is 1. The predicted molar refractivity (Wildman–Crippen MR) is 71.4 cm³/mol. The fraction of sp³-hybridized carbons (Fsp3) is 0.385. The van der Waals surface area contributed by atoms with Crippen LogP contribution < -0.4 is 4.74 Å². The first-order valence-electron chi connectivity index (χ1n) is 5.78. The Morgan fingerprint density at radius 2 is 2.05 bits per heavy atom. The zero-order chi connectivity index (χ0) is 14.4. The Bertz CT molecular complexity index is 464. The number of aliphatic carboxylic acids is 1. The fourth-order valence-electron chi connectivity index (χ4n) is 1.40.